The summed E-state index contributed by atoms with van der Waals surface area (Å²) in [5.41, 5.74) is -3.60. The first kappa shape index (κ1) is 38.0. The van der Waals surface area contributed by atoms with Gasteiger partial charge in [-0.1, -0.05) is 6.07 Å². The Kier molecular flexibility index (Phi) is 13.7. The van der Waals surface area contributed by atoms with E-state index >= 15 is 0 Å². The van der Waals surface area contributed by atoms with E-state index in [0.717, 1.165) is 12.1 Å². The maximum Gasteiger partial charge on any atom is 0.416 e. The second kappa shape index (κ2) is 15.9. The summed E-state index contributed by atoms with van der Waals surface area (Å²) in [4.78, 5) is 18.9. The van der Waals surface area contributed by atoms with E-state index in [1.807, 2.05) is 4.90 Å². The van der Waals surface area contributed by atoms with Crippen molar-refractivity contribution in [3.63, 3.8) is 0 Å². The van der Waals surface area contributed by atoms with Gasteiger partial charge in [-0.15, -0.1) is 24.8 Å². The number of carbonyl (C=O) groups excluding carboxylic acids is 1. The zero-order valence-electron chi connectivity index (χ0n) is 23.6. The molecule has 16 heteroatoms. The first-order valence-corrected chi connectivity index (χ1v) is 13.3. The first-order chi connectivity index (χ1) is 19.7. The molecule has 0 N–H and O–H groups in total. The lowest BCUT2D eigenvalue weighted by molar-refractivity contribution is -0.143. The van der Waals surface area contributed by atoms with E-state index < -0.39 is 52.6 Å². The van der Waals surface area contributed by atoms with Crippen molar-refractivity contribution in [3.8, 4) is 0 Å². The molecule has 0 aromatic heterocycles. The third-order valence-electron chi connectivity index (χ3n) is 7.43. The lowest BCUT2D eigenvalue weighted by Gasteiger charge is -2.43. The van der Waals surface area contributed by atoms with E-state index in [1.54, 1.807) is 7.11 Å². The van der Waals surface area contributed by atoms with Gasteiger partial charge in [0.1, 0.15) is 0 Å². The van der Waals surface area contributed by atoms with Crippen LogP contribution in [0.1, 0.15) is 27.0 Å². The Bertz CT molecular complexity index is 1220. The second-order valence-electron chi connectivity index (χ2n) is 10.4. The zero-order valence-corrected chi connectivity index (χ0v) is 25.2. The van der Waals surface area contributed by atoms with Crippen molar-refractivity contribution in [2.75, 3.05) is 66.1 Å². The van der Waals surface area contributed by atoms with Crippen LogP contribution in [-0.2, 0) is 28.2 Å². The molecule has 4 rings (SSSR count). The summed E-state index contributed by atoms with van der Waals surface area (Å²) in [6.45, 7) is 4.11. The molecule has 1 amide bonds. The van der Waals surface area contributed by atoms with Crippen molar-refractivity contribution in [2.45, 2.75) is 30.9 Å². The molecule has 248 valence electrons. The molecule has 2 fully saturated rings. The number of amides is 1. The highest BCUT2D eigenvalue weighted by molar-refractivity contribution is 5.95. The van der Waals surface area contributed by atoms with Gasteiger partial charge in [-0.2, -0.15) is 26.3 Å². The second-order valence-corrected chi connectivity index (χ2v) is 10.4. The number of nitrogens with zero attached hydrogens (tertiary/aromatic N) is 3. The van der Waals surface area contributed by atoms with Gasteiger partial charge >= 0.3 is 12.4 Å². The zero-order chi connectivity index (χ0) is 30.7. The van der Waals surface area contributed by atoms with Crippen LogP contribution in [0, 0.1) is 11.6 Å². The average molecular weight is 682 g/mol. The van der Waals surface area contributed by atoms with Crippen molar-refractivity contribution >= 4 is 30.7 Å². The van der Waals surface area contributed by atoms with Gasteiger partial charge in [-0.25, -0.2) is 8.78 Å². The molecular formula is C28H33Cl2F8N3O3. The average Bonchev–Trinajstić information content (AvgIpc) is 2.93. The Morgan fingerprint density at radius 3 is 2.05 bits per heavy atom. The van der Waals surface area contributed by atoms with E-state index in [2.05, 4.69) is 4.90 Å². The monoisotopic (exact) mass is 681 g/mol. The third kappa shape index (κ3) is 9.88. The fraction of sp³-hybridized carbons (Fsp3) is 0.536. The Morgan fingerprint density at radius 2 is 1.48 bits per heavy atom. The quantitative estimate of drug-likeness (QED) is 0.342. The molecule has 2 atom stereocenters. The van der Waals surface area contributed by atoms with Gasteiger partial charge in [-0.05, 0) is 42.3 Å². The number of rotatable bonds is 8. The van der Waals surface area contributed by atoms with Gasteiger partial charge in [-0.3, -0.25) is 14.6 Å². The third-order valence-corrected chi connectivity index (χ3v) is 7.43. The number of carbonyl (C=O) groups is 1. The van der Waals surface area contributed by atoms with Crippen molar-refractivity contribution in [1.29, 1.82) is 0 Å². The van der Waals surface area contributed by atoms with Crippen LogP contribution in [0.4, 0.5) is 35.1 Å². The maximum absolute atomic E-state index is 14.0. The van der Waals surface area contributed by atoms with Crippen LogP contribution in [-0.4, -0.2) is 98.9 Å². The van der Waals surface area contributed by atoms with E-state index in [4.69, 9.17) is 9.47 Å². The molecule has 2 aromatic carbocycles. The molecule has 0 radical (unpaired) electrons. The van der Waals surface area contributed by atoms with Gasteiger partial charge in [0.05, 0.1) is 30.4 Å². The summed E-state index contributed by atoms with van der Waals surface area (Å²) >= 11 is 0. The van der Waals surface area contributed by atoms with Crippen molar-refractivity contribution in [3.05, 3.63) is 70.3 Å². The minimum Gasteiger partial charge on any atom is -0.382 e. The van der Waals surface area contributed by atoms with Gasteiger partial charge < -0.3 is 14.4 Å². The first-order valence-electron chi connectivity index (χ1n) is 13.3. The predicted molar refractivity (Wildman–Crippen MR) is 150 cm³/mol. The molecule has 2 aromatic rings. The van der Waals surface area contributed by atoms with Gasteiger partial charge in [0.2, 0.25) is 0 Å². The molecule has 2 saturated heterocycles. The number of piperazine rings is 1. The molecule has 0 unspecified atom stereocenters. The molecule has 6 nitrogen and oxygen atoms in total. The summed E-state index contributed by atoms with van der Waals surface area (Å²) in [5, 5.41) is 0. The number of hydrogen-bond acceptors (Lipinski definition) is 5. The van der Waals surface area contributed by atoms with E-state index in [-0.39, 0.29) is 56.5 Å². The number of halogens is 10. The minimum atomic E-state index is -5.11. The van der Waals surface area contributed by atoms with Crippen molar-refractivity contribution < 1.29 is 49.4 Å². The highest BCUT2D eigenvalue weighted by Crippen LogP contribution is 2.37. The van der Waals surface area contributed by atoms with Gasteiger partial charge in [0.25, 0.3) is 5.91 Å². The number of alkyl halides is 6. The van der Waals surface area contributed by atoms with E-state index in [0.29, 0.717) is 63.6 Å². The minimum absolute atomic E-state index is 0. The highest BCUT2D eigenvalue weighted by Gasteiger charge is 2.39. The molecule has 0 bridgehead atoms. The standard InChI is InChI=1S/C28H31F8N3O3.2ClH/c1-41-17-23-16-38(8-9-42-23)5-4-37-6-7-39(22(15-37)10-18-2-3-24(29)25(30)11-18)26(40)19-12-20(27(31,32)33)14-21(13-19)28(34,35)36;;/h2-3,11-14,22-23H,4-10,15-17H2,1H3;2*1H/t22-,23+;;/m1../s1. The fourth-order valence-electron chi connectivity index (χ4n) is 5.30. The molecule has 0 aliphatic carbocycles. The van der Waals surface area contributed by atoms with Gasteiger partial charge in [0.15, 0.2) is 11.6 Å². The molecule has 0 saturated carbocycles. The molecule has 44 heavy (non-hydrogen) atoms. The summed E-state index contributed by atoms with van der Waals surface area (Å²) < 4.78 is 119. The molecule has 2 aliphatic heterocycles. The lowest BCUT2D eigenvalue weighted by Crippen LogP contribution is -2.57. The van der Waals surface area contributed by atoms with E-state index in [1.165, 1.54) is 11.0 Å². The number of methoxy groups -OCH3 is 1. The Labute approximate surface area is 262 Å². The van der Waals surface area contributed by atoms with Crippen LogP contribution in [0.25, 0.3) is 0 Å². The van der Waals surface area contributed by atoms with Crippen LogP contribution >= 0.6 is 24.8 Å². The summed E-state index contributed by atoms with van der Waals surface area (Å²) in [6.07, 6.45) is -10.3. The Hall–Kier alpha value is -2.23. The van der Waals surface area contributed by atoms with Crippen LogP contribution in [0.2, 0.25) is 0 Å². The lowest BCUT2D eigenvalue weighted by atomic mass is 9.99. The normalized spacial score (nSPS) is 20.2. The number of morpholine rings is 1. The summed E-state index contributed by atoms with van der Waals surface area (Å²) in [7, 11) is 1.58. The topological polar surface area (TPSA) is 45.2 Å². The maximum atomic E-state index is 14.0. The fourth-order valence-corrected chi connectivity index (χ4v) is 5.30. The van der Waals surface area contributed by atoms with Crippen molar-refractivity contribution in [1.82, 2.24) is 14.7 Å². The van der Waals surface area contributed by atoms with Crippen LogP contribution in [0.5, 0.6) is 0 Å². The largest absolute Gasteiger partial charge is 0.416 e. The smallest absolute Gasteiger partial charge is 0.382 e. The van der Waals surface area contributed by atoms with Gasteiger partial charge in [0, 0.05) is 64.5 Å². The molecule has 0 spiro atoms. The summed E-state index contributed by atoms with van der Waals surface area (Å²) in [5.74, 6) is -3.18. The SMILES string of the molecule is COC[C@@H]1CN(CCN2CCN(C(=O)c3cc(C(F)(F)F)cc(C(F)(F)F)c3)[C@H](Cc3ccc(F)c(F)c3)C2)CCO1.Cl.Cl. The molecular weight excluding hydrogens is 649 g/mol. The van der Waals surface area contributed by atoms with Crippen LogP contribution in [0.3, 0.4) is 0 Å². The molecule has 2 heterocycles. The Balaban J connectivity index is 0.00000337. The predicted octanol–water partition coefficient (Wildman–Crippen LogP) is 5.56. The van der Waals surface area contributed by atoms with Crippen LogP contribution < -0.4 is 0 Å². The van der Waals surface area contributed by atoms with E-state index in [9.17, 15) is 39.9 Å². The van der Waals surface area contributed by atoms with Crippen molar-refractivity contribution in [2.24, 2.45) is 0 Å². The Morgan fingerprint density at radius 1 is 0.864 bits per heavy atom. The highest BCUT2D eigenvalue weighted by atomic mass is 35.5. The number of hydrogen-bond donors (Lipinski definition) is 0. The number of ether oxygens (including phenoxy) is 2. The van der Waals surface area contributed by atoms with Crippen LogP contribution in [0.15, 0.2) is 36.4 Å². The summed E-state index contributed by atoms with van der Waals surface area (Å²) in [6, 6.07) is 3.28. The molecule has 2 aliphatic rings. The number of benzene rings is 2.